The van der Waals surface area contributed by atoms with Gasteiger partial charge in [0.2, 0.25) is 0 Å². The molecule has 0 spiro atoms. The third kappa shape index (κ3) is 7.30. The maximum absolute atomic E-state index is 7.84. The topological polar surface area (TPSA) is 22.9 Å². The molecule has 0 fully saturated rings. The summed E-state index contributed by atoms with van der Waals surface area (Å²) in [4.78, 5) is 7.77. The number of para-hydroxylation sites is 1. The van der Waals surface area contributed by atoms with Gasteiger partial charge in [-0.3, -0.25) is 0 Å². The van der Waals surface area contributed by atoms with Crippen LogP contribution < -0.4 is 31.3 Å². The van der Waals surface area contributed by atoms with Gasteiger partial charge in [0.25, 0.3) is 6.71 Å². The van der Waals surface area contributed by atoms with Gasteiger partial charge >= 0.3 is 0 Å². The number of rotatable bonds is 5. The van der Waals surface area contributed by atoms with Crippen LogP contribution in [0, 0.1) is 6.92 Å². The molecule has 384 valence electrons. The van der Waals surface area contributed by atoms with Crippen molar-refractivity contribution in [1.82, 2.24) is 0 Å². The Morgan fingerprint density at radius 1 is 0.506 bits per heavy atom. The molecule has 0 atom stereocenters. The summed E-state index contributed by atoms with van der Waals surface area (Å²) in [6, 6.07) is 60.7. The molecule has 6 heteroatoms. The van der Waals surface area contributed by atoms with Crippen LogP contribution in [-0.2, 0) is 27.1 Å². The molecule has 4 nitrogen and oxygen atoms in total. The zero-order chi connectivity index (χ0) is 53.3. The molecular weight excluding hydrogens is 954 g/mol. The highest BCUT2D eigenvalue weighted by Gasteiger charge is 2.50. The van der Waals surface area contributed by atoms with Crippen molar-refractivity contribution in [2.24, 2.45) is 0 Å². The molecule has 4 heterocycles. The number of hydrogen-bond acceptors (Lipinski definition) is 5. The fraction of sp³-hybridized carbons (Fsp3) is 0.296. The van der Waals surface area contributed by atoms with Crippen LogP contribution >= 0.6 is 11.3 Å². The van der Waals surface area contributed by atoms with Crippen LogP contribution in [0.3, 0.4) is 0 Å². The number of anilines is 9. The largest absolute Gasteiger partial charge is 0.468 e. The molecule has 2 aliphatic carbocycles. The van der Waals surface area contributed by atoms with Gasteiger partial charge in [0.05, 0.1) is 27.4 Å². The molecular formula is C71H70BN3OS. The average Bonchev–Trinajstić information content (AvgIpc) is 4.10. The predicted molar refractivity (Wildman–Crippen MR) is 332 cm³/mol. The van der Waals surface area contributed by atoms with E-state index in [1.165, 1.54) is 92.6 Å². The molecule has 0 N–H and O–H groups in total. The molecule has 0 saturated carbocycles. The Bertz CT molecular complexity index is 4070. The zero-order valence-electron chi connectivity index (χ0n) is 47.1. The van der Waals surface area contributed by atoms with Gasteiger partial charge in [0.1, 0.15) is 5.58 Å². The van der Waals surface area contributed by atoms with Crippen molar-refractivity contribution in [3.05, 3.63) is 191 Å². The smallest absolute Gasteiger partial charge is 0.297 e. The van der Waals surface area contributed by atoms with E-state index in [1.807, 2.05) is 11.3 Å². The van der Waals surface area contributed by atoms with Crippen LogP contribution in [0.4, 0.5) is 51.2 Å². The molecule has 0 saturated heterocycles. The minimum atomic E-state index is -0.206. The van der Waals surface area contributed by atoms with E-state index in [2.05, 4.69) is 256 Å². The zero-order valence-corrected chi connectivity index (χ0v) is 47.9. The minimum absolute atomic E-state index is 0.00333. The Labute approximate surface area is 460 Å². The summed E-state index contributed by atoms with van der Waals surface area (Å²) < 4.78 is 10.4. The lowest BCUT2D eigenvalue weighted by Crippen LogP contribution is -2.61. The second-order valence-corrected chi connectivity index (χ2v) is 27.8. The van der Waals surface area contributed by atoms with Gasteiger partial charge in [0.15, 0.2) is 0 Å². The number of hydrogen-bond donors (Lipinski definition) is 0. The lowest BCUT2D eigenvalue weighted by Gasteiger charge is -2.47. The maximum atomic E-state index is 7.84. The second-order valence-electron chi connectivity index (χ2n) is 26.8. The Kier molecular flexibility index (Phi) is 10.4. The van der Waals surface area contributed by atoms with Gasteiger partial charge in [-0.2, -0.15) is 0 Å². The van der Waals surface area contributed by atoms with E-state index in [-0.39, 0.29) is 33.8 Å². The molecule has 0 amide bonds. The lowest BCUT2D eigenvalue weighted by atomic mass is 9.35. The van der Waals surface area contributed by atoms with Crippen LogP contribution in [0.15, 0.2) is 162 Å². The molecule has 2 aliphatic heterocycles. The summed E-state index contributed by atoms with van der Waals surface area (Å²) in [6.45, 7) is 28.6. The van der Waals surface area contributed by atoms with Gasteiger partial charge in [0, 0.05) is 55.0 Å². The SMILES string of the molecule is Cc1cccc(N(c2ccccc2)c2cc3c4c(c2)N(c2cccc5c2sc2ccccc25)c2c(oc5cc6c(cc25)C(C)(C)CCC6(C)C)B4c2cc4c(cc2N3c2ccc(C(C)(C)C)cc2)C(C)(C)CCC4(C)C)c1. The molecule has 4 aliphatic rings. The van der Waals surface area contributed by atoms with E-state index < -0.39 is 0 Å². The molecule has 14 rings (SSSR count). The van der Waals surface area contributed by atoms with Crippen LogP contribution in [0.2, 0.25) is 0 Å². The summed E-state index contributed by atoms with van der Waals surface area (Å²) in [5, 5.41) is 3.75. The fourth-order valence-electron chi connectivity index (χ4n) is 14.1. The molecule has 0 radical (unpaired) electrons. The molecule has 77 heavy (non-hydrogen) atoms. The van der Waals surface area contributed by atoms with Crippen molar-refractivity contribution in [1.29, 1.82) is 0 Å². The van der Waals surface area contributed by atoms with E-state index in [9.17, 15) is 0 Å². The van der Waals surface area contributed by atoms with Gasteiger partial charge in [-0.15, -0.1) is 11.3 Å². The molecule has 0 unspecified atom stereocenters. The first-order chi connectivity index (χ1) is 36.7. The van der Waals surface area contributed by atoms with E-state index in [0.29, 0.717) is 0 Å². The lowest BCUT2D eigenvalue weighted by molar-refractivity contribution is 0.332. The molecule has 10 aromatic rings. The first kappa shape index (κ1) is 48.4. The van der Waals surface area contributed by atoms with E-state index in [1.54, 1.807) is 0 Å². The molecule has 2 aromatic heterocycles. The van der Waals surface area contributed by atoms with Crippen LogP contribution in [0.1, 0.15) is 135 Å². The first-order valence-corrected chi connectivity index (χ1v) is 29.0. The summed E-state index contributed by atoms with van der Waals surface area (Å²) in [7, 11) is 0. The highest BCUT2D eigenvalue weighted by atomic mass is 32.1. The van der Waals surface area contributed by atoms with Crippen LogP contribution in [-0.4, -0.2) is 6.71 Å². The van der Waals surface area contributed by atoms with E-state index in [0.717, 1.165) is 65.4 Å². The van der Waals surface area contributed by atoms with Crippen LogP contribution in [0.25, 0.3) is 31.1 Å². The van der Waals surface area contributed by atoms with Crippen molar-refractivity contribution in [2.75, 3.05) is 14.7 Å². The normalized spacial score (nSPS) is 17.5. The Hall–Kier alpha value is -7.02. The summed E-state index contributed by atoms with van der Waals surface area (Å²) in [5.74, 6) is 0. The highest BCUT2D eigenvalue weighted by Crippen LogP contribution is 2.56. The third-order valence-corrected chi connectivity index (χ3v) is 19.9. The number of furan rings is 1. The second kappa shape index (κ2) is 16.5. The molecule has 8 aromatic carbocycles. The molecule has 0 bridgehead atoms. The highest BCUT2D eigenvalue weighted by molar-refractivity contribution is 7.26. The van der Waals surface area contributed by atoms with Crippen molar-refractivity contribution < 1.29 is 4.42 Å². The fourth-order valence-corrected chi connectivity index (χ4v) is 15.3. The van der Waals surface area contributed by atoms with E-state index in [4.69, 9.17) is 4.42 Å². The van der Waals surface area contributed by atoms with Crippen molar-refractivity contribution in [2.45, 2.75) is 136 Å². The first-order valence-electron chi connectivity index (χ1n) is 28.2. The number of fused-ring (bicyclic) bond motifs is 11. The van der Waals surface area contributed by atoms with E-state index >= 15 is 0 Å². The number of thiophene rings is 1. The van der Waals surface area contributed by atoms with Gasteiger partial charge < -0.3 is 19.1 Å². The standard InChI is InChI=1S/C71H70BN3OS/c1-43-20-18-23-47(36-43)73(45-21-14-13-15-22-45)48-37-59-63-60(38-48)75(57-26-19-25-50-49-24-16-17-27-62(49)77-65(50)57)64-51-39-52-55(71(11,12)35-32-68(52,5)6)42-61(51)76-66(64)72(63)56-40-53-54(70(9,10)34-33-69(53,7)8)41-58(56)74(59)46-30-28-44(29-31-46)67(2,3)4/h13-31,36-42H,32-35H2,1-12H3. The van der Waals surface area contributed by atoms with Gasteiger partial charge in [-0.1, -0.05) is 155 Å². The quantitative estimate of drug-likeness (QED) is 0.160. The maximum Gasteiger partial charge on any atom is 0.297 e. The average molecular weight is 1020 g/mol. The monoisotopic (exact) mass is 1020 g/mol. The summed E-state index contributed by atoms with van der Waals surface area (Å²) in [6.07, 6.45) is 4.53. The minimum Gasteiger partial charge on any atom is -0.468 e. The predicted octanol–water partition coefficient (Wildman–Crippen LogP) is 18.7. The third-order valence-electron chi connectivity index (χ3n) is 18.7. The Morgan fingerprint density at radius 3 is 1.77 bits per heavy atom. The Morgan fingerprint density at radius 2 is 1.09 bits per heavy atom. The van der Waals surface area contributed by atoms with Gasteiger partial charge in [-0.05, 0) is 183 Å². The Balaban J connectivity index is 1.18. The van der Waals surface area contributed by atoms with Crippen molar-refractivity contribution in [3.8, 4) is 0 Å². The van der Waals surface area contributed by atoms with Crippen molar-refractivity contribution >= 4 is 117 Å². The summed E-state index contributed by atoms with van der Waals surface area (Å²) in [5.41, 5.74) is 23.2. The number of benzene rings is 8. The van der Waals surface area contributed by atoms with Gasteiger partial charge in [-0.25, -0.2) is 0 Å². The number of nitrogens with zero attached hydrogens (tertiary/aromatic N) is 3. The summed E-state index contributed by atoms with van der Waals surface area (Å²) >= 11 is 1.90. The number of aryl methyl sites for hydroxylation is 1. The van der Waals surface area contributed by atoms with Crippen molar-refractivity contribution in [3.63, 3.8) is 0 Å². The van der Waals surface area contributed by atoms with Crippen LogP contribution in [0.5, 0.6) is 0 Å².